The first-order valence-electron chi connectivity index (χ1n) is 5.65. The number of methoxy groups -OCH3 is 1. The zero-order valence-electron chi connectivity index (χ0n) is 10.3. The third kappa shape index (κ3) is 3.01. The molecule has 0 aromatic heterocycles. The van der Waals surface area contributed by atoms with Gasteiger partial charge in [-0.1, -0.05) is 29.3 Å². The van der Waals surface area contributed by atoms with Gasteiger partial charge in [0.05, 0.1) is 19.6 Å². The topological polar surface area (TPSA) is 33.0 Å². The molecule has 0 amide bonds. The first kappa shape index (κ1) is 13.7. The van der Waals surface area contributed by atoms with Crippen molar-refractivity contribution in [2.24, 2.45) is 0 Å². The molecule has 0 unspecified atom stereocenters. The van der Waals surface area contributed by atoms with E-state index in [1.54, 1.807) is 19.2 Å². The second-order valence-electron chi connectivity index (χ2n) is 3.99. The van der Waals surface area contributed by atoms with Crippen LogP contribution in [-0.2, 0) is 6.42 Å². The lowest BCUT2D eigenvalue weighted by molar-refractivity contribution is 0.411. The lowest BCUT2D eigenvalue weighted by Gasteiger charge is -2.10. The van der Waals surface area contributed by atoms with E-state index in [2.05, 4.69) is 6.07 Å². The van der Waals surface area contributed by atoms with Crippen LogP contribution in [0, 0.1) is 11.3 Å². The molecule has 0 atom stereocenters. The highest BCUT2D eigenvalue weighted by Gasteiger charge is 2.09. The van der Waals surface area contributed by atoms with Gasteiger partial charge in [0.1, 0.15) is 5.75 Å². The van der Waals surface area contributed by atoms with Crippen molar-refractivity contribution in [1.29, 1.82) is 5.26 Å². The summed E-state index contributed by atoms with van der Waals surface area (Å²) in [6.07, 6.45) is 0.287. The van der Waals surface area contributed by atoms with Crippen molar-refractivity contribution in [2.75, 3.05) is 7.11 Å². The summed E-state index contributed by atoms with van der Waals surface area (Å²) in [6, 6.07) is 13.1. The highest BCUT2D eigenvalue weighted by atomic mass is 35.5. The molecule has 0 aliphatic carbocycles. The number of hydrogen-bond donors (Lipinski definition) is 0. The van der Waals surface area contributed by atoms with E-state index in [9.17, 15) is 0 Å². The predicted octanol–water partition coefficient (Wildman–Crippen LogP) is 4.74. The van der Waals surface area contributed by atoms with Crippen molar-refractivity contribution >= 4 is 23.2 Å². The van der Waals surface area contributed by atoms with Crippen LogP contribution in [0.25, 0.3) is 11.1 Å². The zero-order chi connectivity index (χ0) is 13.8. The SMILES string of the molecule is COc1ccc(-c2cc(Cl)ccc2Cl)cc1CC#N. The summed E-state index contributed by atoms with van der Waals surface area (Å²) in [6.45, 7) is 0. The molecule has 0 heterocycles. The largest absolute Gasteiger partial charge is 0.496 e. The Morgan fingerprint density at radius 1 is 1.16 bits per heavy atom. The fourth-order valence-electron chi connectivity index (χ4n) is 1.89. The van der Waals surface area contributed by atoms with Crippen molar-refractivity contribution in [1.82, 2.24) is 0 Å². The lowest BCUT2D eigenvalue weighted by Crippen LogP contribution is -1.92. The van der Waals surface area contributed by atoms with Gasteiger partial charge in [-0.3, -0.25) is 0 Å². The third-order valence-corrected chi connectivity index (χ3v) is 3.35. The van der Waals surface area contributed by atoms with Crippen molar-refractivity contribution in [2.45, 2.75) is 6.42 Å². The van der Waals surface area contributed by atoms with E-state index < -0.39 is 0 Å². The molecule has 2 nitrogen and oxygen atoms in total. The Kier molecular flexibility index (Phi) is 4.31. The van der Waals surface area contributed by atoms with E-state index in [1.165, 1.54) is 0 Å². The highest BCUT2D eigenvalue weighted by molar-refractivity contribution is 6.35. The van der Waals surface area contributed by atoms with Crippen LogP contribution in [0.2, 0.25) is 10.0 Å². The molecule has 0 spiro atoms. The molecule has 0 saturated carbocycles. The molecular formula is C15H11Cl2NO. The van der Waals surface area contributed by atoms with Crippen LogP contribution < -0.4 is 4.74 Å². The molecule has 0 radical (unpaired) electrons. The summed E-state index contributed by atoms with van der Waals surface area (Å²) in [5.41, 5.74) is 2.59. The van der Waals surface area contributed by atoms with E-state index in [0.29, 0.717) is 15.8 Å². The highest BCUT2D eigenvalue weighted by Crippen LogP contribution is 2.33. The van der Waals surface area contributed by atoms with Crippen LogP contribution in [0.15, 0.2) is 36.4 Å². The maximum Gasteiger partial charge on any atom is 0.123 e. The van der Waals surface area contributed by atoms with Crippen molar-refractivity contribution in [3.8, 4) is 22.9 Å². The first-order valence-corrected chi connectivity index (χ1v) is 6.40. The maximum atomic E-state index is 8.85. The normalized spacial score (nSPS) is 10.0. The Hall–Kier alpha value is -1.69. The minimum absolute atomic E-state index is 0.287. The summed E-state index contributed by atoms with van der Waals surface area (Å²) in [7, 11) is 1.59. The molecule has 0 aliphatic rings. The minimum Gasteiger partial charge on any atom is -0.496 e. The molecule has 2 aromatic carbocycles. The fourth-order valence-corrected chi connectivity index (χ4v) is 2.29. The van der Waals surface area contributed by atoms with Crippen LogP contribution in [0.1, 0.15) is 5.56 Å². The monoisotopic (exact) mass is 291 g/mol. The Morgan fingerprint density at radius 2 is 1.95 bits per heavy atom. The third-order valence-electron chi connectivity index (χ3n) is 2.79. The van der Waals surface area contributed by atoms with Gasteiger partial charge in [-0.25, -0.2) is 0 Å². The number of benzene rings is 2. The van der Waals surface area contributed by atoms with Gasteiger partial charge < -0.3 is 4.74 Å². The first-order chi connectivity index (χ1) is 9.15. The van der Waals surface area contributed by atoms with Gasteiger partial charge in [-0.2, -0.15) is 5.26 Å². The molecule has 2 aromatic rings. The minimum atomic E-state index is 0.287. The molecule has 19 heavy (non-hydrogen) atoms. The summed E-state index contributed by atoms with van der Waals surface area (Å²) < 4.78 is 5.23. The maximum absolute atomic E-state index is 8.85. The fraction of sp³-hybridized carbons (Fsp3) is 0.133. The van der Waals surface area contributed by atoms with E-state index >= 15 is 0 Å². The molecule has 0 aliphatic heterocycles. The van der Waals surface area contributed by atoms with E-state index in [0.717, 1.165) is 16.7 Å². The van der Waals surface area contributed by atoms with Crippen molar-refractivity contribution < 1.29 is 4.74 Å². The second-order valence-corrected chi connectivity index (χ2v) is 4.83. The molecule has 0 bridgehead atoms. The Balaban J connectivity index is 2.54. The molecule has 0 fully saturated rings. The van der Waals surface area contributed by atoms with Crippen LogP contribution in [0.3, 0.4) is 0 Å². The van der Waals surface area contributed by atoms with Crippen molar-refractivity contribution in [3.05, 3.63) is 52.0 Å². The Morgan fingerprint density at radius 3 is 2.63 bits per heavy atom. The van der Waals surface area contributed by atoms with Gasteiger partial charge in [-0.05, 0) is 35.9 Å². The second kappa shape index (κ2) is 5.97. The summed E-state index contributed by atoms with van der Waals surface area (Å²) in [4.78, 5) is 0. The van der Waals surface area contributed by atoms with E-state index in [1.807, 2.05) is 24.3 Å². The van der Waals surface area contributed by atoms with Gasteiger partial charge >= 0.3 is 0 Å². The van der Waals surface area contributed by atoms with E-state index in [4.69, 9.17) is 33.2 Å². The van der Waals surface area contributed by atoms with Crippen LogP contribution >= 0.6 is 23.2 Å². The van der Waals surface area contributed by atoms with Crippen LogP contribution in [0.5, 0.6) is 5.75 Å². The number of halogens is 2. The van der Waals surface area contributed by atoms with Gasteiger partial charge in [0, 0.05) is 21.2 Å². The molecule has 4 heteroatoms. The number of ether oxygens (including phenoxy) is 1. The quantitative estimate of drug-likeness (QED) is 0.819. The van der Waals surface area contributed by atoms with Gasteiger partial charge in [0.15, 0.2) is 0 Å². The molecular weight excluding hydrogens is 281 g/mol. The summed E-state index contributed by atoms with van der Waals surface area (Å²) in [5, 5.41) is 10.1. The Labute approximate surface area is 122 Å². The average Bonchev–Trinajstić information content (AvgIpc) is 2.42. The standard InChI is InChI=1S/C15H11Cl2NO/c1-19-15-5-2-10(8-11(15)6-7-18)13-9-12(16)3-4-14(13)17/h2-5,8-9H,6H2,1H3. The van der Waals surface area contributed by atoms with Crippen LogP contribution in [-0.4, -0.2) is 7.11 Å². The molecule has 0 saturated heterocycles. The molecule has 2 rings (SSSR count). The summed E-state index contributed by atoms with van der Waals surface area (Å²) in [5.74, 6) is 0.698. The van der Waals surface area contributed by atoms with Crippen molar-refractivity contribution in [3.63, 3.8) is 0 Å². The molecule has 0 N–H and O–H groups in total. The lowest BCUT2D eigenvalue weighted by atomic mass is 10.0. The van der Waals surface area contributed by atoms with Gasteiger partial charge in [0.25, 0.3) is 0 Å². The summed E-state index contributed by atoms with van der Waals surface area (Å²) >= 11 is 12.2. The van der Waals surface area contributed by atoms with Gasteiger partial charge in [0.2, 0.25) is 0 Å². The van der Waals surface area contributed by atoms with E-state index in [-0.39, 0.29) is 6.42 Å². The zero-order valence-corrected chi connectivity index (χ0v) is 11.8. The van der Waals surface area contributed by atoms with Crippen LogP contribution in [0.4, 0.5) is 0 Å². The number of hydrogen-bond acceptors (Lipinski definition) is 2. The molecule has 96 valence electrons. The number of nitriles is 1. The Bertz CT molecular complexity index is 647. The average molecular weight is 292 g/mol. The predicted molar refractivity (Wildman–Crippen MR) is 77.8 cm³/mol. The number of nitrogens with zero attached hydrogens (tertiary/aromatic N) is 1. The smallest absolute Gasteiger partial charge is 0.123 e. The number of rotatable bonds is 3. The van der Waals surface area contributed by atoms with Gasteiger partial charge in [-0.15, -0.1) is 0 Å².